The molecule has 1 aliphatic carbocycles. The van der Waals surface area contributed by atoms with Crippen molar-refractivity contribution in [3.63, 3.8) is 0 Å². The van der Waals surface area contributed by atoms with Crippen molar-refractivity contribution >= 4 is 11.0 Å². The van der Waals surface area contributed by atoms with Gasteiger partial charge < -0.3 is 9.73 Å². The molecule has 1 fully saturated rings. The molecule has 3 rings (SSSR count). The second-order valence-corrected chi connectivity index (χ2v) is 5.77. The van der Waals surface area contributed by atoms with E-state index < -0.39 is 0 Å². The molecule has 0 radical (unpaired) electrons. The molecule has 1 aromatic heterocycles. The van der Waals surface area contributed by atoms with Gasteiger partial charge in [0.2, 0.25) is 0 Å². The first kappa shape index (κ1) is 13.6. The molecule has 0 spiro atoms. The zero-order chi connectivity index (χ0) is 13.9. The summed E-state index contributed by atoms with van der Waals surface area (Å²) >= 11 is 0. The average Bonchev–Trinajstić information content (AvgIpc) is 2.91. The highest BCUT2D eigenvalue weighted by Crippen LogP contribution is 2.39. The SMILES string of the molecule is CCNCC1CCCCC1c1cc2cccc(F)c2o1. The van der Waals surface area contributed by atoms with Crippen LogP contribution < -0.4 is 5.32 Å². The van der Waals surface area contributed by atoms with Gasteiger partial charge in [0.05, 0.1) is 0 Å². The minimum absolute atomic E-state index is 0.257. The van der Waals surface area contributed by atoms with Gasteiger partial charge in [0.1, 0.15) is 5.76 Å². The van der Waals surface area contributed by atoms with E-state index in [4.69, 9.17) is 4.42 Å². The molecule has 2 unspecified atom stereocenters. The number of para-hydroxylation sites is 1. The van der Waals surface area contributed by atoms with Gasteiger partial charge in [0.25, 0.3) is 0 Å². The van der Waals surface area contributed by atoms with Gasteiger partial charge in [-0.05, 0) is 44.0 Å². The molecule has 2 nitrogen and oxygen atoms in total. The molecule has 2 aromatic rings. The quantitative estimate of drug-likeness (QED) is 0.891. The summed E-state index contributed by atoms with van der Waals surface area (Å²) in [6, 6.07) is 7.17. The third kappa shape index (κ3) is 2.59. The Bertz CT molecular complexity index is 577. The summed E-state index contributed by atoms with van der Waals surface area (Å²) in [6.07, 6.45) is 4.92. The fourth-order valence-corrected chi connectivity index (χ4v) is 3.39. The van der Waals surface area contributed by atoms with Gasteiger partial charge >= 0.3 is 0 Å². The fourth-order valence-electron chi connectivity index (χ4n) is 3.39. The molecular weight excluding hydrogens is 253 g/mol. The number of hydrogen-bond donors (Lipinski definition) is 1. The number of rotatable bonds is 4. The number of nitrogens with one attached hydrogen (secondary N) is 1. The van der Waals surface area contributed by atoms with Gasteiger partial charge in [-0.3, -0.25) is 0 Å². The Morgan fingerprint density at radius 3 is 2.95 bits per heavy atom. The van der Waals surface area contributed by atoms with Gasteiger partial charge in [0, 0.05) is 11.3 Å². The van der Waals surface area contributed by atoms with Crippen LogP contribution in [0.5, 0.6) is 0 Å². The zero-order valence-corrected chi connectivity index (χ0v) is 12.0. The summed E-state index contributed by atoms with van der Waals surface area (Å²) in [7, 11) is 0. The van der Waals surface area contributed by atoms with Crippen molar-refractivity contribution in [2.75, 3.05) is 13.1 Å². The van der Waals surface area contributed by atoms with Crippen LogP contribution in [0, 0.1) is 11.7 Å². The lowest BCUT2D eigenvalue weighted by molar-refractivity contribution is 0.268. The normalized spacial score (nSPS) is 23.3. The van der Waals surface area contributed by atoms with Crippen LogP contribution in [0.4, 0.5) is 4.39 Å². The molecule has 1 N–H and O–H groups in total. The molecule has 108 valence electrons. The van der Waals surface area contributed by atoms with Crippen LogP contribution in [0.3, 0.4) is 0 Å². The van der Waals surface area contributed by atoms with Crippen molar-refractivity contribution in [1.82, 2.24) is 5.32 Å². The summed E-state index contributed by atoms with van der Waals surface area (Å²) in [5.41, 5.74) is 0.412. The summed E-state index contributed by atoms with van der Waals surface area (Å²) < 4.78 is 19.6. The molecule has 1 heterocycles. The van der Waals surface area contributed by atoms with E-state index in [0.717, 1.165) is 30.7 Å². The molecule has 1 aliphatic rings. The molecule has 1 aromatic carbocycles. The van der Waals surface area contributed by atoms with Gasteiger partial charge in [-0.15, -0.1) is 0 Å². The van der Waals surface area contributed by atoms with Crippen molar-refractivity contribution in [2.24, 2.45) is 5.92 Å². The van der Waals surface area contributed by atoms with Crippen LogP contribution in [0.2, 0.25) is 0 Å². The molecule has 20 heavy (non-hydrogen) atoms. The van der Waals surface area contributed by atoms with Crippen LogP contribution >= 0.6 is 0 Å². The van der Waals surface area contributed by atoms with Crippen LogP contribution in [0.25, 0.3) is 11.0 Å². The van der Waals surface area contributed by atoms with E-state index in [1.807, 2.05) is 12.1 Å². The van der Waals surface area contributed by atoms with E-state index in [0.29, 0.717) is 17.4 Å². The van der Waals surface area contributed by atoms with Crippen molar-refractivity contribution < 1.29 is 8.81 Å². The first-order chi connectivity index (χ1) is 9.79. The number of furan rings is 1. The maximum Gasteiger partial charge on any atom is 0.169 e. The van der Waals surface area contributed by atoms with E-state index in [-0.39, 0.29) is 5.82 Å². The van der Waals surface area contributed by atoms with Crippen molar-refractivity contribution in [3.8, 4) is 0 Å². The minimum Gasteiger partial charge on any atom is -0.458 e. The number of hydrogen-bond acceptors (Lipinski definition) is 2. The Morgan fingerprint density at radius 1 is 1.30 bits per heavy atom. The van der Waals surface area contributed by atoms with Gasteiger partial charge in [-0.1, -0.05) is 31.9 Å². The molecular formula is C17H22FNO. The predicted octanol–water partition coefficient (Wildman–Crippen LogP) is 4.46. The van der Waals surface area contributed by atoms with Crippen LogP contribution in [0.1, 0.15) is 44.3 Å². The van der Waals surface area contributed by atoms with Crippen LogP contribution in [-0.2, 0) is 0 Å². The van der Waals surface area contributed by atoms with Crippen LogP contribution in [-0.4, -0.2) is 13.1 Å². The summed E-state index contributed by atoms with van der Waals surface area (Å²) in [4.78, 5) is 0. The second-order valence-electron chi connectivity index (χ2n) is 5.77. The summed E-state index contributed by atoms with van der Waals surface area (Å²) in [5, 5.41) is 4.33. The Labute approximate surface area is 119 Å². The van der Waals surface area contributed by atoms with Gasteiger partial charge in [-0.2, -0.15) is 0 Å². The standard InChI is InChI=1S/C17H22FNO/c1-2-19-11-13-6-3-4-8-14(13)16-10-12-7-5-9-15(18)17(12)20-16/h5,7,9-10,13-14,19H,2-4,6,8,11H2,1H3. The Hall–Kier alpha value is -1.35. The topological polar surface area (TPSA) is 25.2 Å². The highest BCUT2D eigenvalue weighted by molar-refractivity contribution is 5.78. The number of fused-ring (bicyclic) bond motifs is 1. The van der Waals surface area contributed by atoms with E-state index in [1.165, 1.54) is 25.3 Å². The Balaban J connectivity index is 1.89. The van der Waals surface area contributed by atoms with Crippen molar-refractivity contribution in [1.29, 1.82) is 0 Å². The lowest BCUT2D eigenvalue weighted by atomic mass is 9.78. The van der Waals surface area contributed by atoms with E-state index in [1.54, 1.807) is 6.07 Å². The maximum atomic E-state index is 13.8. The smallest absolute Gasteiger partial charge is 0.169 e. The minimum atomic E-state index is -0.257. The molecule has 2 atom stereocenters. The van der Waals surface area contributed by atoms with Gasteiger partial charge in [-0.25, -0.2) is 4.39 Å². The van der Waals surface area contributed by atoms with Crippen molar-refractivity contribution in [2.45, 2.75) is 38.5 Å². The largest absolute Gasteiger partial charge is 0.458 e. The first-order valence-electron chi connectivity index (χ1n) is 7.68. The molecule has 3 heteroatoms. The molecule has 0 aliphatic heterocycles. The third-order valence-corrected chi connectivity index (χ3v) is 4.45. The van der Waals surface area contributed by atoms with E-state index in [2.05, 4.69) is 12.2 Å². The number of benzene rings is 1. The highest BCUT2D eigenvalue weighted by Gasteiger charge is 2.29. The van der Waals surface area contributed by atoms with Crippen molar-refractivity contribution in [3.05, 3.63) is 35.8 Å². The monoisotopic (exact) mass is 275 g/mol. The Kier molecular flexibility index (Phi) is 4.06. The lowest BCUT2D eigenvalue weighted by Crippen LogP contribution is -2.29. The maximum absolute atomic E-state index is 13.8. The zero-order valence-electron chi connectivity index (χ0n) is 12.0. The fraction of sp³-hybridized carbons (Fsp3) is 0.529. The highest BCUT2D eigenvalue weighted by atomic mass is 19.1. The predicted molar refractivity (Wildman–Crippen MR) is 79.4 cm³/mol. The summed E-state index contributed by atoms with van der Waals surface area (Å²) in [5.74, 6) is 1.74. The Morgan fingerprint density at radius 2 is 2.15 bits per heavy atom. The summed E-state index contributed by atoms with van der Waals surface area (Å²) in [6.45, 7) is 4.16. The first-order valence-corrected chi connectivity index (χ1v) is 7.68. The lowest BCUT2D eigenvalue weighted by Gasteiger charge is -2.30. The van der Waals surface area contributed by atoms with Gasteiger partial charge in [0.15, 0.2) is 11.4 Å². The molecule has 1 saturated carbocycles. The average molecular weight is 275 g/mol. The number of halogens is 1. The van der Waals surface area contributed by atoms with E-state index in [9.17, 15) is 4.39 Å². The molecule has 0 amide bonds. The third-order valence-electron chi connectivity index (χ3n) is 4.45. The van der Waals surface area contributed by atoms with E-state index >= 15 is 0 Å². The van der Waals surface area contributed by atoms with Crippen LogP contribution in [0.15, 0.2) is 28.7 Å². The second kappa shape index (κ2) is 5.96. The molecule has 0 bridgehead atoms. The molecule has 0 saturated heterocycles.